The van der Waals surface area contributed by atoms with Crippen molar-refractivity contribution in [2.45, 2.75) is 39.8 Å². The van der Waals surface area contributed by atoms with Crippen molar-refractivity contribution in [2.75, 3.05) is 12.4 Å². The second-order valence-corrected chi connectivity index (χ2v) is 7.69. The Morgan fingerprint density at radius 1 is 1.14 bits per heavy atom. The number of rotatable bonds is 7. The van der Waals surface area contributed by atoms with E-state index >= 15 is 0 Å². The number of benzene rings is 2. The van der Waals surface area contributed by atoms with Gasteiger partial charge in [0.2, 0.25) is 11.8 Å². The van der Waals surface area contributed by atoms with Crippen LogP contribution in [0.4, 0.5) is 5.69 Å². The SMILES string of the molecule is COc1ccc(C)cc1NC(=O)C1CC1C(=O)N(Cc1ccccc1)C(C)C. The molecule has 0 saturated heterocycles. The van der Waals surface area contributed by atoms with Crippen molar-refractivity contribution in [3.05, 3.63) is 59.7 Å². The molecular formula is C23H28N2O3. The summed E-state index contributed by atoms with van der Waals surface area (Å²) in [5.74, 6) is 0.0212. The third kappa shape index (κ3) is 4.53. The van der Waals surface area contributed by atoms with Gasteiger partial charge < -0.3 is 15.0 Å². The molecule has 1 saturated carbocycles. The van der Waals surface area contributed by atoms with Crippen molar-refractivity contribution in [3.63, 3.8) is 0 Å². The summed E-state index contributed by atoms with van der Waals surface area (Å²) in [5.41, 5.74) is 2.78. The molecule has 2 aromatic carbocycles. The Labute approximate surface area is 166 Å². The molecule has 2 aromatic rings. The number of methoxy groups -OCH3 is 1. The highest BCUT2D eigenvalue weighted by molar-refractivity contribution is 6.00. The van der Waals surface area contributed by atoms with Crippen LogP contribution in [0.2, 0.25) is 0 Å². The monoisotopic (exact) mass is 380 g/mol. The van der Waals surface area contributed by atoms with E-state index in [4.69, 9.17) is 4.74 Å². The Hall–Kier alpha value is -2.82. The summed E-state index contributed by atoms with van der Waals surface area (Å²) in [7, 11) is 1.58. The second-order valence-electron chi connectivity index (χ2n) is 7.69. The molecule has 0 aromatic heterocycles. The van der Waals surface area contributed by atoms with Gasteiger partial charge in [-0.25, -0.2) is 0 Å². The van der Waals surface area contributed by atoms with E-state index in [1.54, 1.807) is 7.11 Å². The first kappa shape index (κ1) is 19.9. The first-order valence-electron chi connectivity index (χ1n) is 9.70. The Balaban J connectivity index is 1.65. The van der Waals surface area contributed by atoms with Gasteiger partial charge in [-0.3, -0.25) is 9.59 Å². The number of ether oxygens (including phenoxy) is 1. The third-order valence-corrected chi connectivity index (χ3v) is 5.16. The zero-order chi connectivity index (χ0) is 20.3. The molecule has 148 valence electrons. The van der Waals surface area contributed by atoms with Gasteiger partial charge in [0.1, 0.15) is 5.75 Å². The fourth-order valence-electron chi connectivity index (χ4n) is 3.41. The number of aryl methyl sites for hydroxylation is 1. The molecule has 5 heteroatoms. The smallest absolute Gasteiger partial charge is 0.228 e. The highest BCUT2D eigenvalue weighted by atomic mass is 16.5. The summed E-state index contributed by atoms with van der Waals surface area (Å²) in [6.07, 6.45) is 0.594. The second kappa shape index (κ2) is 8.46. The molecule has 0 heterocycles. The molecule has 2 amide bonds. The highest BCUT2D eigenvalue weighted by Crippen LogP contribution is 2.42. The molecule has 0 spiro atoms. The predicted molar refractivity (Wildman–Crippen MR) is 110 cm³/mol. The molecule has 0 aliphatic heterocycles. The topological polar surface area (TPSA) is 58.6 Å². The Morgan fingerprint density at radius 2 is 1.86 bits per heavy atom. The van der Waals surface area contributed by atoms with Gasteiger partial charge in [-0.15, -0.1) is 0 Å². The number of amides is 2. The Morgan fingerprint density at radius 3 is 2.50 bits per heavy atom. The lowest BCUT2D eigenvalue weighted by molar-refractivity contribution is -0.136. The van der Waals surface area contributed by atoms with Crippen LogP contribution in [0, 0.1) is 18.8 Å². The highest BCUT2D eigenvalue weighted by Gasteiger charge is 2.50. The van der Waals surface area contributed by atoms with Crippen LogP contribution in [0.5, 0.6) is 5.75 Å². The zero-order valence-electron chi connectivity index (χ0n) is 16.9. The minimum Gasteiger partial charge on any atom is -0.495 e. The largest absolute Gasteiger partial charge is 0.495 e. The average molecular weight is 380 g/mol. The first-order chi connectivity index (χ1) is 13.4. The molecule has 1 fully saturated rings. The van der Waals surface area contributed by atoms with Crippen molar-refractivity contribution in [1.29, 1.82) is 0 Å². The summed E-state index contributed by atoms with van der Waals surface area (Å²) in [4.78, 5) is 27.6. The fraction of sp³-hybridized carbons (Fsp3) is 0.391. The first-order valence-corrected chi connectivity index (χ1v) is 9.70. The van der Waals surface area contributed by atoms with E-state index in [1.165, 1.54) is 0 Å². The standard InChI is InChI=1S/C23H28N2O3/c1-15(2)25(14-17-8-6-5-7-9-17)23(27)19-13-18(19)22(26)24-20-12-16(3)10-11-21(20)28-4/h5-12,15,18-19H,13-14H2,1-4H3,(H,24,26). The summed E-state index contributed by atoms with van der Waals surface area (Å²) in [6, 6.07) is 15.7. The Bertz CT molecular complexity index is 848. The molecule has 5 nitrogen and oxygen atoms in total. The molecule has 2 atom stereocenters. The summed E-state index contributed by atoms with van der Waals surface area (Å²) in [6.45, 7) is 6.54. The number of nitrogens with one attached hydrogen (secondary N) is 1. The van der Waals surface area contributed by atoms with E-state index in [0.29, 0.717) is 24.4 Å². The van der Waals surface area contributed by atoms with Gasteiger partial charge in [0.05, 0.1) is 24.6 Å². The lowest BCUT2D eigenvalue weighted by Gasteiger charge is -2.27. The van der Waals surface area contributed by atoms with E-state index in [-0.39, 0.29) is 29.7 Å². The number of hydrogen-bond donors (Lipinski definition) is 1. The third-order valence-electron chi connectivity index (χ3n) is 5.16. The number of hydrogen-bond acceptors (Lipinski definition) is 3. The van der Waals surface area contributed by atoms with Gasteiger partial charge in [-0.05, 0) is 50.5 Å². The van der Waals surface area contributed by atoms with Crippen LogP contribution in [0.1, 0.15) is 31.4 Å². The Kier molecular flexibility index (Phi) is 6.02. The lowest BCUT2D eigenvalue weighted by Crippen LogP contribution is -2.38. The molecule has 1 N–H and O–H groups in total. The number of anilines is 1. The molecule has 2 unspecified atom stereocenters. The molecule has 0 bridgehead atoms. The lowest BCUT2D eigenvalue weighted by atomic mass is 10.1. The van der Waals surface area contributed by atoms with Crippen LogP contribution in [-0.4, -0.2) is 29.9 Å². The van der Waals surface area contributed by atoms with Gasteiger partial charge in [-0.1, -0.05) is 36.4 Å². The average Bonchev–Trinajstić information content (AvgIpc) is 3.47. The van der Waals surface area contributed by atoms with Crippen LogP contribution in [0.15, 0.2) is 48.5 Å². The molecule has 1 aliphatic carbocycles. The maximum atomic E-state index is 13.0. The van der Waals surface area contributed by atoms with E-state index in [2.05, 4.69) is 5.32 Å². The fourth-order valence-corrected chi connectivity index (χ4v) is 3.41. The van der Waals surface area contributed by atoms with Crippen molar-refractivity contribution >= 4 is 17.5 Å². The maximum Gasteiger partial charge on any atom is 0.228 e. The maximum absolute atomic E-state index is 13.0. The van der Waals surface area contributed by atoms with Gasteiger partial charge >= 0.3 is 0 Å². The molecule has 28 heavy (non-hydrogen) atoms. The van der Waals surface area contributed by atoms with Crippen molar-refractivity contribution in [2.24, 2.45) is 11.8 Å². The van der Waals surface area contributed by atoms with E-state index in [1.807, 2.05) is 74.2 Å². The summed E-state index contributed by atoms with van der Waals surface area (Å²) in [5, 5.41) is 2.93. The summed E-state index contributed by atoms with van der Waals surface area (Å²) < 4.78 is 5.32. The van der Waals surface area contributed by atoms with Crippen LogP contribution in [0.3, 0.4) is 0 Å². The van der Waals surface area contributed by atoms with Gasteiger partial charge in [0, 0.05) is 12.6 Å². The van der Waals surface area contributed by atoms with Gasteiger partial charge in [0.25, 0.3) is 0 Å². The van der Waals surface area contributed by atoms with Crippen LogP contribution in [-0.2, 0) is 16.1 Å². The minimum atomic E-state index is -0.283. The van der Waals surface area contributed by atoms with Crippen molar-refractivity contribution < 1.29 is 14.3 Å². The van der Waals surface area contributed by atoms with Crippen molar-refractivity contribution in [3.8, 4) is 5.75 Å². The number of carbonyl (C=O) groups is 2. The number of nitrogens with zero attached hydrogens (tertiary/aromatic N) is 1. The normalized spacial score (nSPS) is 17.9. The number of carbonyl (C=O) groups excluding carboxylic acids is 2. The molecule has 0 radical (unpaired) electrons. The molecule has 3 rings (SSSR count). The van der Waals surface area contributed by atoms with Crippen LogP contribution >= 0.6 is 0 Å². The van der Waals surface area contributed by atoms with Gasteiger partial charge in [-0.2, -0.15) is 0 Å². The van der Waals surface area contributed by atoms with E-state index < -0.39 is 0 Å². The summed E-state index contributed by atoms with van der Waals surface area (Å²) >= 11 is 0. The van der Waals surface area contributed by atoms with Crippen LogP contribution in [0.25, 0.3) is 0 Å². The van der Waals surface area contributed by atoms with E-state index in [9.17, 15) is 9.59 Å². The van der Waals surface area contributed by atoms with Crippen molar-refractivity contribution in [1.82, 2.24) is 4.90 Å². The van der Waals surface area contributed by atoms with E-state index in [0.717, 1.165) is 11.1 Å². The zero-order valence-corrected chi connectivity index (χ0v) is 16.9. The minimum absolute atomic E-state index is 0.0511. The predicted octanol–water partition coefficient (Wildman–Crippen LogP) is 4.02. The molecular weight excluding hydrogens is 352 g/mol. The van der Waals surface area contributed by atoms with Crippen LogP contribution < -0.4 is 10.1 Å². The van der Waals surface area contributed by atoms with Gasteiger partial charge in [0.15, 0.2) is 0 Å². The quantitative estimate of drug-likeness (QED) is 0.789. The molecule has 1 aliphatic rings.